The van der Waals surface area contributed by atoms with Gasteiger partial charge in [0.15, 0.2) is 0 Å². The second kappa shape index (κ2) is 5.00. The summed E-state index contributed by atoms with van der Waals surface area (Å²) in [6, 6.07) is 4.04. The molecule has 0 radical (unpaired) electrons. The lowest BCUT2D eigenvalue weighted by atomic mass is 9.86. The number of nitrogens with zero attached hydrogens (tertiary/aromatic N) is 1. The van der Waals surface area contributed by atoms with Crippen LogP contribution in [-0.4, -0.2) is 30.5 Å². The van der Waals surface area contributed by atoms with Crippen molar-refractivity contribution >= 4 is 11.6 Å². The van der Waals surface area contributed by atoms with Gasteiger partial charge in [0.2, 0.25) is 5.91 Å². The first-order chi connectivity index (χ1) is 9.54. The minimum atomic E-state index is 0.224. The Morgan fingerprint density at radius 1 is 1.30 bits per heavy atom. The van der Waals surface area contributed by atoms with Gasteiger partial charge in [-0.1, -0.05) is 0 Å². The molecule has 1 aromatic carbocycles. The molecule has 0 spiro atoms. The van der Waals surface area contributed by atoms with Gasteiger partial charge in [-0.05, 0) is 55.4 Å². The fraction of sp³-hybridized carbons (Fsp3) is 0.562. The van der Waals surface area contributed by atoms with Gasteiger partial charge in [-0.3, -0.25) is 4.79 Å². The van der Waals surface area contributed by atoms with Gasteiger partial charge in [-0.25, -0.2) is 0 Å². The molecule has 108 valence electrons. The number of hydrogen-bond acceptors (Lipinski definition) is 3. The smallest absolute Gasteiger partial charge is 0.222 e. The number of hydrogen-bond donors (Lipinski definition) is 1. The first-order valence-electron chi connectivity index (χ1n) is 7.35. The lowest BCUT2D eigenvalue weighted by molar-refractivity contribution is -0.132. The van der Waals surface area contributed by atoms with Crippen LogP contribution in [0.5, 0.6) is 5.75 Å². The highest BCUT2D eigenvalue weighted by atomic mass is 16.5. The van der Waals surface area contributed by atoms with Crippen LogP contribution in [-0.2, 0) is 4.79 Å². The Hall–Kier alpha value is -1.71. The molecule has 2 fully saturated rings. The molecule has 3 rings (SSSR count). The van der Waals surface area contributed by atoms with Crippen molar-refractivity contribution in [3.05, 3.63) is 23.3 Å². The van der Waals surface area contributed by atoms with Crippen LogP contribution in [0, 0.1) is 6.92 Å². The normalized spacial score (nSPS) is 23.0. The van der Waals surface area contributed by atoms with Gasteiger partial charge in [0.05, 0.1) is 11.8 Å². The molecule has 1 aliphatic heterocycles. The van der Waals surface area contributed by atoms with E-state index in [0.717, 1.165) is 37.1 Å². The van der Waals surface area contributed by atoms with E-state index in [2.05, 4.69) is 13.0 Å². The molecule has 1 saturated carbocycles. The molecule has 4 nitrogen and oxygen atoms in total. The Morgan fingerprint density at radius 2 is 2.05 bits per heavy atom. The lowest BCUT2D eigenvalue weighted by Crippen LogP contribution is -2.34. The standard InChI is InChI=1S/C16H22N2O2/c1-10-7-14(17)15(20-12-3-4-12)9-13(10)11-5-6-18(2)16(19)8-11/h7,9,11-12H,3-6,8,17H2,1-2H3. The Kier molecular flexibility index (Phi) is 3.32. The highest BCUT2D eigenvalue weighted by Crippen LogP contribution is 2.37. The number of carbonyl (C=O) groups is 1. The molecule has 1 unspecified atom stereocenters. The van der Waals surface area contributed by atoms with Crippen LogP contribution >= 0.6 is 0 Å². The molecular formula is C16H22N2O2. The van der Waals surface area contributed by atoms with E-state index in [0.29, 0.717) is 24.1 Å². The molecule has 1 heterocycles. The first kappa shape index (κ1) is 13.3. The number of amides is 1. The summed E-state index contributed by atoms with van der Waals surface area (Å²) in [4.78, 5) is 13.7. The van der Waals surface area contributed by atoms with E-state index in [4.69, 9.17) is 10.5 Å². The molecule has 0 aromatic heterocycles. The van der Waals surface area contributed by atoms with Crippen molar-refractivity contribution in [2.24, 2.45) is 0 Å². The number of benzene rings is 1. The van der Waals surface area contributed by atoms with E-state index >= 15 is 0 Å². The van der Waals surface area contributed by atoms with Crippen molar-refractivity contribution < 1.29 is 9.53 Å². The van der Waals surface area contributed by atoms with Crippen molar-refractivity contribution in [1.29, 1.82) is 0 Å². The Morgan fingerprint density at radius 3 is 2.70 bits per heavy atom. The summed E-state index contributed by atoms with van der Waals surface area (Å²) in [6.07, 6.45) is 4.18. The van der Waals surface area contributed by atoms with E-state index in [1.807, 2.05) is 18.0 Å². The minimum absolute atomic E-state index is 0.224. The minimum Gasteiger partial charge on any atom is -0.488 e. The number of likely N-dealkylation sites (tertiary alicyclic amines) is 1. The van der Waals surface area contributed by atoms with Crippen LogP contribution in [0.15, 0.2) is 12.1 Å². The summed E-state index contributed by atoms with van der Waals surface area (Å²) in [5.41, 5.74) is 9.13. The van der Waals surface area contributed by atoms with E-state index in [1.54, 1.807) is 0 Å². The zero-order chi connectivity index (χ0) is 14.3. The Bertz CT molecular complexity index is 538. The van der Waals surface area contributed by atoms with E-state index in [1.165, 1.54) is 5.56 Å². The van der Waals surface area contributed by atoms with Crippen molar-refractivity contribution in [3.8, 4) is 5.75 Å². The summed E-state index contributed by atoms with van der Waals surface area (Å²) >= 11 is 0. The predicted octanol–water partition coefficient (Wildman–Crippen LogP) is 2.45. The van der Waals surface area contributed by atoms with E-state index in [9.17, 15) is 4.79 Å². The number of rotatable bonds is 3. The maximum Gasteiger partial charge on any atom is 0.222 e. The van der Waals surface area contributed by atoms with Crippen LogP contribution in [0.4, 0.5) is 5.69 Å². The van der Waals surface area contributed by atoms with Gasteiger partial charge >= 0.3 is 0 Å². The first-order valence-corrected chi connectivity index (χ1v) is 7.35. The van der Waals surface area contributed by atoms with Gasteiger partial charge in [0.1, 0.15) is 5.75 Å². The molecule has 2 aliphatic rings. The molecule has 1 aromatic rings. The monoisotopic (exact) mass is 274 g/mol. The number of piperidine rings is 1. The van der Waals surface area contributed by atoms with Crippen molar-refractivity contribution in [3.63, 3.8) is 0 Å². The number of carbonyl (C=O) groups excluding carboxylic acids is 1. The quantitative estimate of drug-likeness (QED) is 0.861. The van der Waals surface area contributed by atoms with Crippen LogP contribution < -0.4 is 10.5 Å². The summed E-state index contributed by atoms with van der Waals surface area (Å²) in [7, 11) is 1.87. The molecule has 20 heavy (non-hydrogen) atoms. The summed E-state index contributed by atoms with van der Waals surface area (Å²) < 4.78 is 5.87. The predicted molar refractivity (Wildman–Crippen MR) is 78.9 cm³/mol. The van der Waals surface area contributed by atoms with Crippen LogP contribution in [0.3, 0.4) is 0 Å². The second-order valence-electron chi connectivity index (χ2n) is 6.07. The van der Waals surface area contributed by atoms with Crippen LogP contribution in [0.2, 0.25) is 0 Å². The Labute approximate surface area is 119 Å². The molecule has 4 heteroatoms. The summed E-state index contributed by atoms with van der Waals surface area (Å²) in [5.74, 6) is 1.31. The zero-order valence-corrected chi connectivity index (χ0v) is 12.2. The van der Waals surface area contributed by atoms with Crippen LogP contribution in [0.25, 0.3) is 0 Å². The average molecular weight is 274 g/mol. The number of nitrogen functional groups attached to an aromatic ring is 1. The van der Waals surface area contributed by atoms with Gasteiger partial charge in [0.25, 0.3) is 0 Å². The average Bonchev–Trinajstić information content (AvgIpc) is 3.20. The molecule has 2 N–H and O–H groups in total. The fourth-order valence-electron chi connectivity index (χ4n) is 2.84. The third-order valence-corrected chi connectivity index (χ3v) is 4.32. The largest absolute Gasteiger partial charge is 0.488 e. The molecule has 1 amide bonds. The number of nitrogens with two attached hydrogens (primary N) is 1. The summed E-state index contributed by atoms with van der Waals surface area (Å²) in [5, 5.41) is 0. The molecule has 0 bridgehead atoms. The lowest BCUT2D eigenvalue weighted by Gasteiger charge is -2.30. The Balaban J connectivity index is 1.86. The highest BCUT2D eigenvalue weighted by Gasteiger charge is 2.28. The van der Waals surface area contributed by atoms with Gasteiger partial charge < -0.3 is 15.4 Å². The maximum atomic E-state index is 11.9. The van der Waals surface area contributed by atoms with Crippen molar-refractivity contribution in [2.45, 2.75) is 44.6 Å². The van der Waals surface area contributed by atoms with Crippen LogP contribution in [0.1, 0.15) is 42.7 Å². The second-order valence-corrected chi connectivity index (χ2v) is 6.07. The number of anilines is 1. The molecule has 1 atom stereocenters. The van der Waals surface area contributed by atoms with Gasteiger partial charge in [0, 0.05) is 20.0 Å². The molecule has 1 saturated heterocycles. The molecular weight excluding hydrogens is 252 g/mol. The third kappa shape index (κ3) is 2.60. The van der Waals surface area contributed by atoms with E-state index < -0.39 is 0 Å². The molecule has 1 aliphatic carbocycles. The third-order valence-electron chi connectivity index (χ3n) is 4.32. The fourth-order valence-corrected chi connectivity index (χ4v) is 2.84. The van der Waals surface area contributed by atoms with Gasteiger partial charge in [-0.2, -0.15) is 0 Å². The maximum absolute atomic E-state index is 11.9. The SMILES string of the molecule is Cc1cc(N)c(OC2CC2)cc1C1CCN(C)C(=O)C1. The summed E-state index contributed by atoms with van der Waals surface area (Å²) in [6.45, 7) is 2.89. The van der Waals surface area contributed by atoms with Crippen molar-refractivity contribution in [2.75, 3.05) is 19.3 Å². The van der Waals surface area contributed by atoms with Gasteiger partial charge in [-0.15, -0.1) is 0 Å². The highest BCUT2D eigenvalue weighted by molar-refractivity contribution is 5.78. The van der Waals surface area contributed by atoms with E-state index in [-0.39, 0.29) is 5.91 Å². The van der Waals surface area contributed by atoms with Crippen molar-refractivity contribution in [1.82, 2.24) is 4.90 Å². The topological polar surface area (TPSA) is 55.6 Å². The zero-order valence-electron chi connectivity index (χ0n) is 12.2. The number of aryl methyl sites for hydroxylation is 1. The number of ether oxygens (including phenoxy) is 1.